The van der Waals surface area contributed by atoms with Crippen LogP contribution in [0.2, 0.25) is 0 Å². The summed E-state index contributed by atoms with van der Waals surface area (Å²) in [5.41, 5.74) is 4.52. The molecule has 0 aliphatic rings. The Balaban J connectivity index is 1.46. The van der Waals surface area contributed by atoms with Gasteiger partial charge in [0.2, 0.25) is 0 Å². The minimum absolute atomic E-state index is 0.192. The van der Waals surface area contributed by atoms with Crippen molar-refractivity contribution in [2.75, 3.05) is 0 Å². The number of nitrogens with one attached hydrogen (secondary N) is 1. The molecule has 5 heteroatoms. The largest absolute Gasteiger partial charge is 0.344 e. The Kier molecular flexibility index (Phi) is 9.98. The quantitative estimate of drug-likeness (QED) is 0.154. The molecular weight excluding hydrogens is 601 g/mol. The molecule has 3 nitrogen and oxygen atoms in total. The number of amides is 1. The molecule has 46 heavy (non-hydrogen) atoms. The van der Waals surface area contributed by atoms with Gasteiger partial charge in [-0.15, -0.1) is 0 Å². The summed E-state index contributed by atoms with van der Waals surface area (Å²) in [5.74, 6) is -0.192. The fourth-order valence-electron chi connectivity index (χ4n) is 5.93. The average molecular weight is 638 g/mol. The van der Waals surface area contributed by atoms with E-state index in [2.05, 4.69) is 66.0 Å². The maximum absolute atomic E-state index is 14.7. The molecule has 0 aromatic heterocycles. The van der Waals surface area contributed by atoms with Gasteiger partial charge in [0.05, 0.1) is 22.1 Å². The van der Waals surface area contributed by atoms with E-state index in [1.807, 2.05) is 117 Å². The smallest absolute Gasteiger partial charge is 0.252 e. The van der Waals surface area contributed by atoms with Crippen molar-refractivity contribution >= 4 is 40.5 Å². The minimum Gasteiger partial charge on any atom is -0.344 e. The van der Waals surface area contributed by atoms with Crippen LogP contribution in [0, 0.1) is 13.8 Å². The van der Waals surface area contributed by atoms with Crippen molar-refractivity contribution in [3.63, 3.8) is 0 Å². The predicted octanol–water partition coefficient (Wildman–Crippen LogP) is 8.08. The molecule has 3 atom stereocenters. The molecule has 3 unspecified atom stereocenters. The summed E-state index contributed by atoms with van der Waals surface area (Å²) in [6.07, 6.45) is 0. The van der Waals surface area contributed by atoms with Crippen LogP contribution in [0.4, 0.5) is 0 Å². The summed E-state index contributed by atoms with van der Waals surface area (Å²) in [6.45, 7) is 4.05. The lowest BCUT2D eigenvalue weighted by Crippen LogP contribution is -2.37. The molecule has 228 valence electrons. The third-order valence-corrected chi connectivity index (χ3v) is 12.2. The lowest BCUT2D eigenvalue weighted by Gasteiger charge is -2.30. The Hall–Kier alpha value is -4.63. The molecule has 0 fully saturated rings. The molecule has 6 rings (SSSR count). The van der Waals surface area contributed by atoms with Gasteiger partial charge >= 0.3 is 0 Å². The second-order valence-corrected chi connectivity index (χ2v) is 15.1. The Morgan fingerprint density at radius 1 is 0.587 bits per heavy atom. The normalized spacial score (nSPS) is 13.1. The van der Waals surface area contributed by atoms with Crippen LogP contribution in [-0.4, -0.2) is 10.1 Å². The fourth-order valence-corrected chi connectivity index (χ4v) is 10.2. The van der Waals surface area contributed by atoms with E-state index in [0.29, 0.717) is 5.56 Å². The van der Waals surface area contributed by atoms with Gasteiger partial charge in [-0.3, -0.25) is 9.00 Å². The van der Waals surface area contributed by atoms with Crippen LogP contribution in [0.3, 0.4) is 0 Å². The molecule has 0 saturated carbocycles. The average Bonchev–Trinajstić information content (AvgIpc) is 3.09. The zero-order chi connectivity index (χ0) is 31.9. The van der Waals surface area contributed by atoms with Gasteiger partial charge in [-0.2, -0.15) is 0 Å². The van der Waals surface area contributed by atoms with Crippen LogP contribution in [0.15, 0.2) is 169 Å². The molecule has 0 radical (unpaired) electrons. The highest BCUT2D eigenvalue weighted by Gasteiger charge is 2.34. The van der Waals surface area contributed by atoms with Crippen molar-refractivity contribution in [1.82, 2.24) is 5.32 Å². The SMILES string of the molecule is Cc1cc(C)cc(S(=O)C(c2ccccc2)C(NC(=O)c2ccccc2P(c2ccccc2)c2ccccc2)c2ccccc2)c1. The standard InChI is InChI=1S/C41H36NO2PS/c1-30-27-31(2)29-36(28-30)46(44)40(33-19-9-4-10-20-33)39(32-17-7-3-8-18-32)42-41(43)37-25-15-16-26-38(37)45(34-21-11-5-12-22-34)35-23-13-6-14-24-35/h3-29,39-40H,1-2H3,(H,42,43). The topological polar surface area (TPSA) is 46.2 Å². The number of hydrogen-bond acceptors (Lipinski definition) is 2. The number of carbonyl (C=O) groups is 1. The summed E-state index contributed by atoms with van der Waals surface area (Å²) in [7, 11) is -2.49. The maximum Gasteiger partial charge on any atom is 0.252 e. The summed E-state index contributed by atoms with van der Waals surface area (Å²) >= 11 is 0. The van der Waals surface area contributed by atoms with Crippen LogP contribution < -0.4 is 21.2 Å². The maximum atomic E-state index is 14.7. The Morgan fingerprint density at radius 3 is 1.59 bits per heavy atom. The van der Waals surface area contributed by atoms with Crippen molar-refractivity contribution in [3.05, 3.63) is 192 Å². The van der Waals surface area contributed by atoms with Crippen LogP contribution in [0.1, 0.15) is 43.9 Å². The van der Waals surface area contributed by atoms with Crippen LogP contribution in [-0.2, 0) is 10.8 Å². The molecule has 0 aliphatic carbocycles. The Labute approximate surface area is 275 Å². The molecule has 6 aromatic carbocycles. The highest BCUT2D eigenvalue weighted by molar-refractivity contribution is 7.85. The van der Waals surface area contributed by atoms with Gasteiger partial charge in [0.25, 0.3) is 5.91 Å². The van der Waals surface area contributed by atoms with Gasteiger partial charge in [0.15, 0.2) is 0 Å². The molecular formula is C41H36NO2PS. The molecule has 1 amide bonds. The highest BCUT2D eigenvalue weighted by Crippen LogP contribution is 2.39. The van der Waals surface area contributed by atoms with Gasteiger partial charge in [-0.05, 0) is 78.1 Å². The molecule has 1 N–H and O–H groups in total. The fraction of sp³-hybridized carbons (Fsp3) is 0.0976. The summed E-state index contributed by atoms with van der Waals surface area (Å²) in [4.78, 5) is 15.4. The predicted molar refractivity (Wildman–Crippen MR) is 193 cm³/mol. The van der Waals surface area contributed by atoms with Crippen molar-refractivity contribution in [2.45, 2.75) is 30.0 Å². The molecule has 0 saturated heterocycles. The Bertz CT molecular complexity index is 1870. The van der Waals surface area contributed by atoms with Crippen LogP contribution >= 0.6 is 7.92 Å². The number of rotatable bonds is 10. The van der Waals surface area contributed by atoms with E-state index in [0.717, 1.165) is 32.5 Å². The van der Waals surface area contributed by atoms with Gasteiger partial charge < -0.3 is 5.32 Å². The summed E-state index contributed by atoms with van der Waals surface area (Å²) in [6, 6.07) is 54.0. The van der Waals surface area contributed by atoms with Crippen molar-refractivity contribution < 1.29 is 9.00 Å². The molecule has 0 heterocycles. The lowest BCUT2D eigenvalue weighted by atomic mass is 9.97. The first kappa shape index (κ1) is 31.4. The lowest BCUT2D eigenvalue weighted by molar-refractivity contribution is 0.0937. The third kappa shape index (κ3) is 7.10. The first-order valence-electron chi connectivity index (χ1n) is 15.4. The second kappa shape index (κ2) is 14.6. The highest BCUT2D eigenvalue weighted by atomic mass is 32.2. The third-order valence-electron chi connectivity index (χ3n) is 7.95. The zero-order valence-electron chi connectivity index (χ0n) is 25.9. The van der Waals surface area contributed by atoms with E-state index in [1.165, 1.54) is 10.6 Å². The van der Waals surface area contributed by atoms with Gasteiger partial charge in [0.1, 0.15) is 0 Å². The van der Waals surface area contributed by atoms with Gasteiger partial charge in [0, 0.05) is 10.5 Å². The number of benzene rings is 6. The second-order valence-electron chi connectivity index (χ2n) is 11.3. The first-order valence-corrected chi connectivity index (χ1v) is 17.9. The summed E-state index contributed by atoms with van der Waals surface area (Å²) < 4.78 is 14.7. The van der Waals surface area contributed by atoms with Crippen molar-refractivity contribution in [1.29, 1.82) is 0 Å². The molecule has 0 aliphatic heterocycles. The monoisotopic (exact) mass is 637 g/mol. The first-order chi connectivity index (χ1) is 22.5. The van der Waals surface area contributed by atoms with E-state index in [9.17, 15) is 9.00 Å². The van der Waals surface area contributed by atoms with Crippen LogP contribution in [0.25, 0.3) is 0 Å². The van der Waals surface area contributed by atoms with Crippen LogP contribution in [0.5, 0.6) is 0 Å². The molecule has 6 aromatic rings. The number of aryl methyl sites for hydroxylation is 2. The van der Waals surface area contributed by atoms with Crippen molar-refractivity contribution in [2.24, 2.45) is 0 Å². The van der Waals surface area contributed by atoms with E-state index in [-0.39, 0.29) is 5.91 Å². The zero-order valence-corrected chi connectivity index (χ0v) is 27.6. The van der Waals surface area contributed by atoms with E-state index >= 15 is 0 Å². The van der Waals surface area contributed by atoms with E-state index in [4.69, 9.17) is 0 Å². The summed E-state index contributed by atoms with van der Waals surface area (Å²) in [5, 5.41) is 6.18. The Morgan fingerprint density at radius 2 is 1.04 bits per heavy atom. The molecule has 0 bridgehead atoms. The van der Waals surface area contributed by atoms with Crippen molar-refractivity contribution in [3.8, 4) is 0 Å². The van der Waals surface area contributed by atoms with E-state index < -0.39 is 30.0 Å². The number of carbonyl (C=O) groups excluding carboxylic acids is 1. The van der Waals surface area contributed by atoms with E-state index in [1.54, 1.807) is 0 Å². The van der Waals surface area contributed by atoms with Gasteiger partial charge in [-0.25, -0.2) is 0 Å². The minimum atomic E-state index is -1.48. The molecule has 0 spiro atoms. The number of hydrogen-bond donors (Lipinski definition) is 1. The van der Waals surface area contributed by atoms with Gasteiger partial charge in [-0.1, -0.05) is 146 Å².